The summed E-state index contributed by atoms with van der Waals surface area (Å²) in [6.45, 7) is 1.30. The molecule has 0 saturated carbocycles. The zero-order valence-electron chi connectivity index (χ0n) is 15.1. The number of anilines is 3. The first-order chi connectivity index (χ1) is 13.7. The molecule has 138 valence electrons. The van der Waals surface area contributed by atoms with Crippen molar-refractivity contribution in [2.75, 3.05) is 22.1 Å². The van der Waals surface area contributed by atoms with Gasteiger partial charge < -0.3 is 15.5 Å². The summed E-state index contributed by atoms with van der Waals surface area (Å²) < 4.78 is 0. The Morgan fingerprint density at radius 1 is 1.04 bits per heavy atom. The van der Waals surface area contributed by atoms with Gasteiger partial charge in [0.15, 0.2) is 11.5 Å². The Hall–Kier alpha value is -3.92. The number of fused-ring (bicyclic) bond motifs is 1. The molecular formula is C21H18N6O. The van der Waals surface area contributed by atoms with Gasteiger partial charge in [-0.1, -0.05) is 30.3 Å². The van der Waals surface area contributed by atoms with E-state index in [9.17, 15) is 10.1 Å². The Morgan fingerprint density at radius 3 is 2.68 bits per heavy atom. The molecule has 7 nitrogen and oxygen atoms in total. The van der Waals surface area contributed by atoms with Crippen LogP contribution >= 0.6 is 0 Å². The molecule has 2 aromatic carbocycles. The number of para-hydroxylation sites is 1. The minimum atomic E-state index is -0.275. The minimum absolute atomic E-state index is 0.275. The van der Waals surface area contributed by atoms with Crippen LogP contribution in [0.2, 0.25) is 0 Å². The number of benzene rings is 2. The predicted octanol–water partition coefficient (Wildman–Crippen LogP) is 3.55. The first kappa shape index (κ1) is 17.5. The second-order valence-corrected chi connectivity index (χ2v) is 6.40. The summed E-state index contributed by atoms with van der Waals surface area (Å²) in [7, 11) is 0. The van der Waals surface area contributed by atoms with Crippen LogP contribution < -0.4 is 15.5 Å². The Bertz CT molecular complexity index is 1040. The van der Waals surface area contributed by atoms with Gasteiger partial charge in [0.05, 0.1) is 0 Å². The van der Waals surface area contributed by atoms with E-state index in [1.165, 1.54) is 6.20 Å². The molecule has 7 heteroatoms. The van der Waals surface area contributed by atoms with Crippen LogP contribution in [0.1, 0.15) is 16.8 Å². The van der Waals surface area contributed by atoms with Crippen molar-refractivity contribution in [1.29, 1.82) is 5.26 Å². The lowest BCUT2D eigenvalue weighted by atomic mass is 9.97. The zero-order chi connectivity index (χ0) is 19.3. The summed E-state index contributed by atoms with van der Waals surface area (Å²) in [5.41, 5.74) is 4.05. The van der Waals surface area contributed by atoms with Crippen molar-refractivity contribution >= 4 is 23.2 Å². The molecule has 1 aliphatic heterocycles. The van der Waals surface area contributed by atoms with Crippen molar-refractivity contribution in [1.82, 2.24) is 9.97 Å². The van der Waals surface area contributed by atoms with Crippen LogP contribution in [-0.2, 0) is 13.0 Å². The van der Waals surface area contributed by atoms with Crippen LogP contribution in [0.25, 0.3) is 0 Å². The standard InChI is InChI=1S/C21H18N6O/c22-13-19-20(24-11-10-23-19)27-12-9-17-15(14-27)5-4-8-18(17)26-21(28)25-16-6-2-1-3-7-16/h1-8,10-11H,9,12,14H2,(H2,25,26,28). The third kappa shape index (κ3) is 3.62. The Morgan fingerprint density at radius 2 is 1.86 bits per heavy atom. The third-order valence-electron chi connectivity index (χ3n) is 4.63. The van der Waals surface area contributed by atoms with Crippen LogP contribution in [0.3, 0.4) is 0 Å². The second kappa shape index (κ2) is 7.76. The SMILES string of the molecule is N#Cc1nccnc1N1CCc2c(cccc2NC(=O)Nc2ccccc2)C1. The van der Waals surface area contributed by atoms with Gasteiger partial charge in [-0.15, -0.1) is 0 Å². The van der Waals surface area contributed by atoms with Gasteiger partial charge in [-0.3, -0.25) is 0 Å². The fourth-order valence-electron chi connectivity index (χ4n) is 3.35. The number of carbonyl (C=O) groups excluding carboxylic acids is 1. The van der Waals surface area contributed by atoms with Crippen molar-refractivity contribution in [3.05, 3.63) is 77.7 Å². The second-order valence-electron chi connectivity index (χ2n) is 6.40. The number of hydrogen-bond donors (Lipinski definition) is 2. The van der Waals surface area contributed by atoms with E-state index in [0.29, 0.717) is 24.6 Å². The maximum atomic E-state index is 12.4. The monoisotopic (exact) mass is 370 g/mol. The molecule has 0 radical (unpaired) electrons. The highest BCUT2D eigenvalue weighted by Crippen LogP contribution is 2.29. The maximum absolute atomic E-state index is 12.4. The molecule has 0 fully saturated rings. The quantitative estimate of drug-likeness (QED) is 0.735. The summed E-state index contributed by atoms with van der Waals surface area (Å²) >= 11 is 0. The highest BCUT2D eigenvalue weighted by Gasteiger charge is 2.22. The van der Waals surface area contributed by atoms with Gasteiger partial charge in [-0.2, -0.15) is 5.26 Å². The first-order valence-electron chi connectivity index (χ1n) is 8.94. The highest BCUT2D eigenvalue weighted by molar-refractivity contribution is 6.00. The average Bonchev–Trinajstić information content (AvgIpc) is 2.74. The largest absolute Gasteiger partial charge is 0.350 e. The number of nitriles is 1. The van der Waals surface area contributed by atoms with Gasteiger partial charge >= 0.3 is 6.03 Å². The first-order valence-corrected chi connectivity index (χ1v) is 8.94. The number of carbonyl (C=O) groups is 1. The molecule has 0 spiro atoms. The van der Waals surface area contributed by atoms with Gasteiger partial charge in [-0.05, 0) is 35.7 Å². The lowest BCUT2D eigenvalue weighted by Gasteiger charge is -2.31. The van der Waals surface area contributed by atoms with E-state index >= 15 is 0 Å². The van der Waals surface area contributed by atoms with Crippen LogP contribution in [-0.4, -0.2) is 22.5 Å². The molecule has 0 saturated heterocycles. The Kier molecular flexibility index (Phi) is 4.85. The van der Waals surface area contributed by atoms with Crippen molar-refractivity contribution in [2.24, 2.45) is 0 Å². The number of amides is 2. The fraction of sp³-hybridized carbons (Fsp3) is 0.143. The lowest BCUT2D eigenvalue weighted by Crippen LogP contribution is -2.32. The van der Waals surface area contributed by atoms with E-state index in [2.05, 4.69) is 26.7 Å². The average molecular weight is 370 g/mol. The van der Waals surface area contributed by atoms with E-state index in [4.69, 9.17) is 0 Å². The molecule has 2 N–H and O–H groups in total. The van der Waals surface area contributed by atoms with Crippen molar-refractivity contribution in [3.63, 3.8) is 0 Å². The zero-order valence-corrected chi connectivity index (χ0v) is 15.1. The molecule has 1 aliphatic rings. The summed E-state index contributed by atoms with van der Waals surface area (Å²) in [6, 6.07) is 17.0. The lowest BCUT2D eigenvalue weighted by molar-refractivity contribution is 0.262. The van der Waals surface area contributed by atoms with Gasteiger partial charge in [0, 0.05) is 36.9 Å². The third-order valence-corrected chi connectivity index (χ3v) is 4.63. The molecule has 0 bridgehead atoms. The topological polar surface area (TPSA) is 93.9 Å². The number of hydrogen-bond acceptors (Lipinski definition) is 5. The van der Waals surface area contributed by atoms with Gasteiger partial charge in [0.2, 0.25) is 0 Å². The van der Waals surface area contributed by atoms with Gasteiger partial charge in [0.1, 0.15) is 6.07 Å². The smallest absolute Gasteiger partial charge is 0.323 e. The van der Waals surface area contributed by atoms with Crippen LogP contribution in [0.15, 0.2) is 60.9 Å². The van der Waals surface area contributed by atoms with Gasteiger partial charge in [0.25, 0.3) is 0 Å². The van der Waals surface area contributed by atoms with Crippen molar-refractivity contribution < 1.29 is 4.79 Å². The number of nitrogens with one attached hydrogen (secondary N) is 2. The molecule has 0 unspecified atom stereocenters. The molecule has 2 heterocycles. The van der Waals surface area contributed by atoms with Crippen molar-refractivity contribution in [3.8, 4) is 6.07 Å². The number of aromatic nitrogens is 2. The normalized spacial score (nSPS) is 12.6. The summed E-state index contributed by atoms with van der Waals surface area (Å²) in [4.78, 5) is 22.8. The van der Waals surface area contributed by atoms with E-state index < -0.39 is 0 Å². The minimum Gasteiger partial charge on any atom is -0.350 e. The van der Waals surface area contributed by atoms with Gasteiger partial charge in [-0.25, -0.2) is 14.8 Å². The van der Waals surface area contributed by atoms with E-state index in [1.807, 2.05) is 53.4 Å². The highest BCUT2D eigenvalue weighted by atomic mass is 16.2. The molecule has 4 rings (SSSR count). The summed E-state index contributed by atoms with van der Waals surface area (Å²) in [5.74, 6) is 0.593. The number of urea groups is 1. The Labute approximate surface area is 162 Å². The fourth-order valence-corrected chi connectivity index (χ4v) is 3.35. The van der Waals surface area contributed by atoms with Crippen LogP contribution in [0.5, 0.6) is 0 Å². The molecular weight excluding hydrogens is 352 g/mol. The van der Waals surface area contributed by atoms with Crippen molar-refractivity contribution in [2.45, 2.75) is 13.0 Å². The van der Waals surface area contributed by atoms with E-state index in [0.717, 1.165) is 28.9 Å². The van der Waals surface area contributed by atoms with E-state index in [1.54, 1.807) is 6.20 Å². The molecule has 0 atom stereocenters. The summed E-state index contributed by atoms with van der Waals surface area (Å²) in [5, 5.41) is 15.1. The molecule has 3 aromatic rings. The van der Waals surface area contributed by atoms with Crippen LogP contribution in [0.4, 0.5) is 22.0 Å². The molecule has 28 heavy (non-hydrogen) atoms. The van der Waals surface area contributed by atoms with E-state index in [-0.39, 0.29) is 6.03 Å². The predicted molar refractivity (Wildman–Crippen MR) is 107 cm³/mol. The number of nitrogens with zero attached hydrogens (tertiary/aromatic N) is 4. The molecule has 1 aromatic heterocycles. The molecule has 2 amide bonds. The Balaban J connectivity index is 1.52. The number of rotatable bonds is 3. The van der Waals surface area contributed by atoms with Crippen LogP contribution in [0, 0.1) is 11.3 Å². The maximum Gasteiger partial charge on any atom is 0.323 e. The molecule has 0 aliphatic carbocycles. The summed E-state index contributed by atoms with van der Waals surface area (Å²) in [6.07, 6.45) is 3.85.